The molecule has 1 N–H and O–H groups in total. The molecule has 2 nitrogen and oxygen atoms in total. The van der Waals surface area contributed by atoms with Crippen LogP contribution in [0.4, 0.5) is 0 Å². The molecule has 0 radical (unpaired) electrons. The molecule has 114 valence electrons. The minimum Gasteiger partial charge on any atom is -0.490 e. The van der Waals surface area contributed by atoms with E-state index in [4.69, 9.17) is 4.74 Å². The summed E-state index contributed by atoms with van der Waals surface area (Å²) in [6.07, 6.45) is 2.56. The summed E-state index contributed by atoms with van der Waals surface area (Å²) in [5.41, 5.74) is 3.83. The van der Waals surface area contributed by atoms with Gasteiger partial charge in [0.05, 0.1) is 6.10 Å². The van der Waals surface area contributed by atoms with Crippen LogP contribution in [0.15, 0.2) is 12.1 Å². The molecular formula is C18H31NO. The Kier molecular flexibility index (Phi) is 7.08. The Hall–Kier alpha value is -1.02. The fourth-order valence-electron chi connectivity index (χ4n) is 2.50. The molecule has 0 fully saturated rings. The van der Waals surface area contributed by atoms with Crippen molar-refractivity contribution in [1.82, 2.24) is 5.32 Å². The lowest BCUT2D eigenvalue weighted by molar-refractivity contribution is 0.207. The number of hydrogen-bond donors (Lipinski definition) is 1. The zero-order valence-corrected chi connectivity index (χ0v) is 14.0. The highest BCUT2D eigenvalue weighted by atomic mass is 16.5. The second-order valence-corrected chi connectivity index (χ2v) is 6.30. The number of aryl methyl sites for hydroxylation is 2. The van der Waals surface area contributed by atoms with Crippen molar-refractivity contribution in [2.24, 2.45) is 5.92 Å². The molecule has 1 aromatic rings. The molecule has 0 aliphatic heterocycles. The van der Waals surface area contributed by atoms with Gasteiger partial charge < -0.3 is 10.1 Å². The van der Waals surface area contributed by atoms with E-state index >= 15 is 0 Å². The van der Waals surface area contributed by atoms with Crippen LogP contribution in [0.25, 0.3) is 0 Å². The van der Waals surface area contributed by atoms with E-state index in [0.717, 1.165) is 31.7 Å². The van der Waals surface area contributed by atoms with Crippen LogP contribution < -0.4 is 10.1 Å². The lowest BCUT2D eigenvalue weighted by Gasteiger charge is -2.19. The van der Waals surface area contributed by atoms with Gasteiger partial charge >= 0.3 is 0 Å². The highest BCUT2D eigenvalue weighted by Gasteiger charge is 2.10. The molecule has 0 spiro atoms. The van der Waals surface area contributed by atoms with E-state index in [0.29, 0.717) is 12.0 Å². The highest BCUT2D eigenvalue weighted by Crippen LogP contribution is 2.26. The number of benzene rings is 1. The molecule has 0 saturated carbocycles. The van der Waals surface area contributed by atoms with E-state index in [1.165, 1.54) is 16.7 Å². The van der Waals surface area contributed by atoms with Gasteiger partial charge in [-0.15, -0.1) is 0 Å². The highest BCUT2D eigenvalue weighted by molar-refractivity contribution is 5.43. The maximum Gasteiger partial charge on any atom is 0.125 e. The maximum absolute atomic E-state index is 6.09. The first kappa shape index (κ1) is 17.0. The van der Waals surface area contributed by atoms with Crippen molar-refractivity contribution in [3.05, 3.63) is 28.8 Å². The minimum atomic E-state index is 0.294. The topological polar surface area (TPSA) is 21.3 Å². The van der Waals surface area contributed by atoms with Crippen molar-refractivity contribution in [1.29, 1.82) is 0 Å². The van der Waals surface area contributed by atoms with Gasteiger partial charge in [0.1, 0.15) is 5.75 Å². The molecule has 0 amide bonds. The molecule has 0 bridgehead atoms. The van der Waals surface area contributed by atoms with E-state index in [1.54, 1.807) is 0 Å². The van der Waals surface area contributed by atoms with Gasteiger partial charge in [0.2, 0.25) is 0 Å². The average Bonchev–Trinajstić information content (AvgIpc) is 2.34. The second-order valence-electron chi connectivity index (χ2n) is 6.30. The van der Waals surface area contributed by atoms with Gasteiger partial charge in [0.15, 0.2) is 0 Å². The molecule has 0 saturated heterocycles. The van der Waals surface area contributed by atoms with Gasteiger partial charge in [-0.2, -0.15) is 0 Å². The Morgan fingerprint density at radius 2 is 1.70 bits per heavy atom. The van der Waals surface area contributed by atoms with Crippen molar-refractivity contribution in [3.63, 3.8) is 0 Å². The van der Waals surface area contributed by atoms with Gasteiger partial charge in [0.25, 0.3) is 0 Å². The lowest BCUT2D eigenvalue weighted by Crippen LogP contribution is -2.19. The van der Waals surface area contributed by atoms with E-state index in [-0.39, 0.29) is 0 Å². The van der Waals surface area contributed by atoms with Gasteiger partial charge in [-0.1, -0.05) is 39.3 Å². The number of nitrogens with one attached hydrogen (secondary N) is 1. The van der Waals surface area contributed by atoms with Gasteiger partial charge in [-0.25, -0.2) is 0 Å². The second kappa shape index (κ2) is 8.31. The number of ether oxygens (including phenoxy) is 1. The standard InChI is InChI=1S/C18H31NO/c1-7-8-16(6)20-18-14(4)9-17(10-15(18)5)12-19-11-13(2)3/h9-10,13,16,19H,7-8,11-12H2,1-6H3. The molecule has 1 unspecified atom stereocenters. The van der Waals surface area contributed by atoms with Crippen molar-refractivity contribution >= 4 is 0 Å². The Morgan fingerprint density at radius 3 is 2.20 bits per heavy atom. The van der Waals surface area contributed by atoms with Gasteiger partial charge in [-0.05, 0) is 56.3 Å². The van der Waals surface area contributed by atoms with Crippen LogP contribution in [0.1, 0.15) is 57.2 Å². The first-order chi connectivity index (χ1) is 9.43. The van der Waals surface area contributed by atoms with Gasteiger partial charge in [0, 0.05) is 6.54 Å². The predicted molar refractivity (Wildman–Crippen MR) is 87.5 cm³/mol. The lowest BCUT2D eigenvalue weighted by atomic mass is 10.0. The number of rotatable bonds is 8. The van der Waals surface area contributed by atoms with E-state index in [1.807, 2.05) is 0 Å². The van der Waals surface area contributed by atoms with E-state index < -0.39 is 0 Å². The Labute approximate surface area is 124 Å². The molecule has 0 heterocycles. The fourth-order valence-corrected chi connectivity index (χ4v) is 2.50. The molecule has 1 rings (SSSR count). The van der Waals surface area contributed by atoms with Crippen molar-refractivity contribution in [2.75, 3.05) is 6.54 Å². The van der Waals surface area contributed by atoms with Crippen LogP contribution in [0, 0.1) is 19.8 Å². The third-order valence-electron chi connectivity index (χ3n) is 3.42. The summed E-state index contributed by atoms with van der Waals surface area (Å²) < 4.78 is 6.09. The summed E-state index contributed by atoms with van der Waals surface area (Å²) >= 11 is 0. The minimum absolute atomic E-state index is 0.294. The predicted octanol–water partition coefficient (Wildman–Crippen LogP) is 4.62. The molecular weight excluding hydrogens is 246 g/mol. The number of hydrogen-bond acceptors (Lipinski definition) is 2. The summed E-state index contributed by atoms with van der Waals surface area (Å²) in [4.78, 5) is 0. The molecule has 0 aliphatic rings. The zero-order valence-electron chi connectivity index (χ0n) is 14.0. The quantitative estimate of drug-likeness (QED) is 0.749. The summed E-state index contributed by atoms with van der Waals surface area (Å²) in [5, 5.41) is 3.50. The molecule has 2 heteroatoms. The van der Waals surface area contributed by atoms with Crippen LogP contribution in [0.2, 0.25) is 0 Å². The summed E-state index contributed by atoms with van der Waals surface area (Å²) in [7, 11) is 0. The summed E-state index contributed by atoms with van der Waals surface area (Å²) in [5.74, 6) is 1.76. The normalized spacial score (nSPS) is 12.8. The van der Waals surface area contributed by atoms with Crippen LogP contribution in [-0.4, -0.2) is 12.6 Å². The Balaban J connectivity index is 2.70. The van der Waals surface area contributed by atoms with Crippen molar-refractivity contribution in [2.45, 2.75) is 67.0 Å². The largest absolute Gasteiger partial charge is 0.490 e. The van der Waals surface area contributed by atoms with Crippen molar-refractivity contribution < 1.29 is 4.74 Å². The molecule has 0 aromatic heterocycles. The zero-order chi connectivity index (χ0) is 15.1. The Morgan fingerprint density at radius 1 is 1.10 bits per heavy atom. The third-order valence-corrected chi connectivity index (χ3v) is 3.42. The smallest absolute Gasteiger partial charge is 0.125 e. The first-order valence-corrected chi connectivity index (χ1v) is 7.91. The maximum atomic E-state index is 6.09. The fraction of sp³-hybridized carbons (Fsp3) is 0.667. The monoisotopic (exact) mass is 277 g/mol. The molecule has 1 atom stereocenters. The summed E-state index contributed by atoms with van der Waals surface area (Å²) in [6.45, 7) is 15.1. The molecule has 0 aliphatic carbocycles. The third kappa shape index (κ3) is 5.54. The van der Waals surface area contributed by atoms with Crippen molar-refractivity contribution in [3.8, 4) is 5.75 Å². The van der Waals surface area contributed by atoms with E-state index in [9.17, 15) is 0 Å². The SMILES string of the molecule is CCCC(C)Oc1c(C)cc(CNCC(C)C)cc1C. The summed E-state index contributed by atoms with van der Waals surface area (Å²) in [6, 6.07) is 4.49. The van der Waals surface area contributed by atoms with Crippen LogP contribution in [-0.2, 0) is 6.54 Å². The van der Waals surface area contributed by atoms with E-state index in [2.05, 4.69) is 59.0 Å². The van der Waals surface area contributed by atoms with Crippen LogP contribution in [0.5, 0.6) is 5.75 Å². The van der Waals surface area contributed by atoms with Crippen LogP contribution in [0.3, 0.4) is 0 Å². The average molecular weight is 277 g/mol. The first-order valence-electron chi connectivity index (χ1n) is 7.91. The molecule has 20 heavy (non-hydrogen) atoms. The van der Waals surface area contributed by atoms with Crippen LogP contribution >= 0.6 is 0 Å². The van der Waals surface area contributed by atoms with Gasteiger partial charge in [-0.3, -0.25) is 0 Å². The Bertz CT molecular complexity index is 389. The molecule has 1 aromatic carbocycles.